The molecular weight excluding hydrogens is 232 g/mol. The van der Waals surface area contributed by atoms with E-state index in [2.05, 4.69) is 25.7 Å². The normalized spacial score (nSPS) is 23.8. The summed E-state index contributed by atoms with van der Waals surface area (Å²) in [6.45, 7) is 9.41. The van der Waals surface area contributed by atoms with Gasteiger partial charge in [-0.15, -0.1) is 0 Å². The third kappa shape index (κ3) is 2.23. The Morgan fingerprint density at radius 1 is 1.06 bits per heavy atom. The van der Waals surface area contributed by atoms with E-state index in [0.29, 0.717) is 25.9 Å². The first-order valence-corrected chi connectivity index (χ1v) is 6.55. The summed E-state index contributed by atoms with van der Waals surface area (Å²) in [6, 6.07) is 0. The Labute approximate surface area is 108 Å². The lowest BCUT2D eigenvalue weighted by Crippen LogP contribution is -2.56. The Bertz CT molecular complexity index is 361. The lowest BCUT2D eigenvalue weighted by atomic mass is 10.0. The van der Waals surface area contributed by atoms with E-state index >= 15 is 0 Å². The van der Waals surface area contributed by atoms with Gasteiger partial charge in [-0.3, -0.25) is 14.5 Å². The van der Waals surface area contributed by atoms with Crippen LogP contribution in [0.4, 0.5) is 0 Å². The highest BCUT2D eigenvalue weighted by Crippen LogP contribution is 2.47. The molecule has 2 aliphatic rings. The first-order valence-electron chi connectivity index (χ1n) is 6.55. The highest BCUT2D eigenvalue weighted by Gasteiger charge is 2.58. The second-order valence-corrected chi connectivity index (χ2v) is 6.34. The summed E-state index contributed by atoms with van der Waals surface area (Å²) in [7, 11) is 0. The van der Waals surface area contributed by atoms with Crippen molar-refractivity contribution in [3.05, 3.63) is 0 Å². The molecule has 1 N–H and O–H groups in total. The van der Waals surface area contributed by atoms with Gasteiger partial charge < -0.3 is 10.0 Å². The summed E-state index contributed by atoms with van der Waals surface area (Å²) in [4.78, 5) is 27.4. The van der Waals surface area contributed by atoms with Crippen molar-refractivity contribution in [2.75, 3.05) is 26.2 Å². The van der Waals surface area contributed by atoms with Crippen molar-refractivity contribution in [3.8, 4) is 0 Å². The molecule has 1 amide bonds. The van der Waals surface area contributed by atoms with Crippen LogP contribution in [0.25, 0.3) is 0 Å². The Balaban J connectivity index is 1.95. The van der Waals surface area contributed by atoms with Gasteiger partial charge in [-0.05, 0) is 33.6 Å². The van der Waals surface area contributed by atoms with Crippen LogP contribution in [0.1, 0.15) is 33.6 Å². The van der Waals surface area contributed by atoms with E-state index in [1.165, 1.54) is 0 Å². The Morgan fingerprint density at radius 3 is 1.89 bits per heavy atom. The quantitative estimate of drug-likeness (QED) is 0.740. The van der Waals surface area contributed by atoms with Crippen LogP contribution in [-0.2, 0) is 9.59 Å². The molecule has 102 valence electrons. The molecule has 0 bridgehead atoms. The fourth-order valence-electron chi connectivity index (χ4n) is 2.53. The molecule has 5 heteroatoms. The van der Waals surface area contributed by atoms with Crippen molar-refractivity contribution in [2.24, 2.45) is 5.41 Å². The topological polar surface area (TPSA) is 60.9 Å². The van der Waals surface area contributed by atoms with Crippen LogP contribution in [0.15, 0.2) is 0 Å². The molecule has 1 saturated carbocycles. The number of aliphatic carboxylic acids is 1. The van der Waals surface area contributed by atoms with Crippen LogP contribution >= 0.6 is 0 Å². The highest BCUT2D eigenvalue weighted by atomic mass is 16.4. The molecule has 0 aromatic carbocycles. The minimum atomic E-state index is -1.08. The molecule has 2 rings (SSSR count). The zero-order valence-corrected chi connectivity index (χ0v) is 11.4. The highest BCUT2D eigenvalue weighted by molar-refractivity contribution is 6.04. The smallest absolute Gasteiger partial charge is 0.319 e. The third-order valence-electron chi connectivity index (χ3n) is 4.08. The number of carboxylic acid groups (broad SMARTS) is 1. The second kappa shape index (κ2) is 4.23. The predicted octanol–water partition coefficient (Wildman–Crippen LogP) is 0.794. The molecule has 18 heavy (non-hydrogen) atoms. The summed E-state index contributed by atoms with van der Waals surface area (Å²) >= 11 is 0. The van der Waals surface area contributed by atoms with Gasteiger partial charge >= 0.3 is 5.97 Å². The molecule has 1 aliphatic carbocycles. The molecule has 0 aromatic rings. The third-order valence-corrected chi connectivity index (χ3v) is 4.08. The van der Waals surface area contributed by atoms with Crippen LogP contribution in [0.5, 0.6) is 0 Å². The molecule has 0 radical (unpaired) electrons. The molecule has 5 nitrogen and oxygen atoms in total. The van der Waals surface area contributed by atoms with E-state index in [4.69, 9.17) is 5.11 Å². The molecular formula is C13H22N2O3. The Hall–Kier alpha value is -1.10. The molecule has 1 heterocycles. The SMILES string of the molecule is CC(C)(C)N1CCN(C(=O)C2(C(=O)O)CC2)CC1. The number of nitrogens with zero attached hydrogens (tertiary/aromatic N) is 2. The van der Waals surface area contributed by atoms with Crippen LogP contribution < -0.4 is 0 Å². The van der Waals surface area contributed by atoms with Gasteiger partial charge in [-0.25, -0.2) is 0 Å². The average molecular weight is 254 g/mol. The Morgan fingerprint density at radius 2 is 1.56 bits per heavy atom. The lowest BCUT2D eigenvalue weighted by Gasteiger charge is -2.42. The summed E-state index contributed by atoms with van der Waals surface area (Å²) in [6.07, 6.45) is 1.00. The maximum Gasteiger partial charge on any atom is 0.319 e. The summed E-state index contributed by atoms with van der Waals surface area (Å²) < 4.78 is 0. The number of carboxylic acids is 1. The van der Waals surface area contributed by atoms with Crippen LogP contribution in [0.3, 0.4) is 0 Å². The first kappa shape index (κ1) is 13.3. The predicted molar refractivity (Wildman–Crippen MR) is 67.2 cm³/mol. The fraction of sp³-hybridized carbons (Fsp3) is 0.846. The maximum absolute atomic E-state index is 12.2. The standard InChI is InChI=1S/C13H22N2O3/c1-12(2,3)15-8-6-14(7-9-15)10(16)13(4-5-13)11(17)18/h4-9H2,1-3H3,(H,17,18). The van der Waals surface area contributed by atoms with Gasteiger partial charge in [0.1, 0.15) is 5.41 Å². The van der Waals surface area contributed by atoms with E-state index in [1.807, 2.05) is 0 Å². The second-order valence-electron chi connectivity index (χ2n) is 6.34. The van der Waals surface area contributed by atoms with Gasteiger partial charge in [0.2, 0.25) is 5.91 Å². The average Bonchev–Trinajstić information content (AvgIpc) is 3.08. The van der Waals surface area contributed by atoms with Crippen LogP contribution in [0, 0.1) is 5.41 Å². The van der Waals surface area contributed by atoms with Gasteiger partial charge in [-0.1, -0.05) is 0 Å². The molecule has 0 atom stereocenters. The van der Waals surface area contributed by atoms with Gasteiger partial charge in [0.25, 0.3) is 0 Å². The minimum Gasteiger partial charge on any atom is -0.480 e. The number of carbonyl (C=O) groups excluding carboxylic acids is 1. The van der Waals surface area contributed by atoms with Crippen molar-refractivity contribution >= 4 is 11.9 Å². The summed E-state index contributed by atoms with van der Waals surface area (Å²) in [5.74, 6) is -1.13. The molecule has 1 aliphatic heterocycles. The Kier molecular flexibility index (Phi) is 3.13. The zero-order valence-electron chi connectivity index (χ0n) is 11.4. The number of rotatable bonds is 2. The van der Waals surface area contributed by atoms with Crippen molar-refractivity contribution in [2.45, 2.75) is 39.2 Å². The monoisotopic (exact) mass is 254 g/mol. The van der Waals surface area contributed by atoms with E-state index in [9.17, 15) is 9.59 Å². The van der Waals surface area contributed by atoms with Gasteiger partial charge in [0.15, 0.2) is 0 Å². The van der Waals surface area contributed by atoms with Crippen molar-refractivity contribution in [3.63, 3.8) is 0 Å². The lowest BCUT2D eigenvalue weighted by molar-refractivity contribution is -0.154. The van der Waals surface area contributed by atoms with Gasteiger partial charge in [0, 0.05) is 31.7 Å². The summed E-state index contributed by atoms with van der Waals surface area (Å²) in [5, 5.41) is 9.13. The zero-order chi connectivity index (χ0) is 13.6. The number of piperazine rings is 1. The van der Waals surface area contributed by atoms with Gasteiger partial charge in [0.05, 0.1) is 0 Å². The van der Waals surface area contributed by atoms with E-state index < -0.39 is 11.4 Å². The number of amides is 1. The minimum absolute atomic E-state index is 0.110. The van der Waals surface area contributed by atoms with E-state index in [0.717, 1.165) is 13.1 Å². The largest absolute Gasteiger partial charge is 0.480 e. The number of hydrogen-bond donors (Lipinski definition) is 1. The van der Waals surface area contributed by atoms with Crippen molar-refractivity contribution < 1.29 is 14.7 Å². The number of carbonyl (C=O) groups is 2. The van der Waals surface area contributed by atoms with Crippen molar-refractivity contribution in [1.29, 1.82) is 0 Å². The molecule has 2 fully saturated rings. The van der Waals surface area contributed by atoms with E-state index in [-0.39, 0.29) is 11.4 Å². The van der Waals surface area contributed by atoms with Crippen molar-refractivity contribution in [1.82, 2.24) is 9.80 Å². The number of hydrogen-bond acceptors (Lipinski definition) is 3. The molecule has 0 spiro atoms. The molecule has 0 unspecified atom stereocenters. The molecule has 0 aromatic heterocycles. The van der Waals surface area contributed by atoms with Crippen LogP contribution in [0.2, 0.25) is 0 Å². The first-order chi connectivity index (χ1) is 8.27. The van der Waals surface area contributed by atoms with E-state index in [1.54, 1.807) is 4.90 Å². The van der Waals surface area contributed by atoms with Crippen LogP contribution in [-0.4, -0.2) is 58.5 Å². The maximum atomic E-state index is 12.2. The molecule has 1 saturated heterocycles. The summed E-state index contributed by atoms with van der Waals surface area (Å²) in [5.41, 5.74) is -0.969. The fourth-order valence-corrected chi connectivity index (χ4v) is 2.53. The van der Waals surface area contributed by atoms with Gasteiger partial charge in [-0.2, -0.15) is 0 Å².